The van der Waals surface area contributed by atoms with Crippen molar-refractivity contribution in [1.29, 1.82) is 0 Å². The summed E-state index contributed by atoms with van der Waals surface area (Å²) in [6.07, 6.45) is 3.93. The smallest absolute Gasteiger partial charge is 0.199 e. The summed E-state index contributed by atoms with van der Waals surface area (Å²) in [7, 11) is -5.56. The molecule has 26 heavy (non-hydrogen) atoms. The van der Waals surface area contributed by atoms with E-state index in [2.05, 4.69) is 52.0 Å². The topological polar surface area (TPSA) is 46.5 Å². The van der Waals surface area contributed by atoms with Crippen LogP contribution in [-0.2, 0) is 10.0 Å². The molecular weight excluding hydrogens is 358 g/mol. The largest absolute Gasteiger partial charge is 0.282 e. The molecule has 1 aliphatic carbocycles. The second-order valence-corrected chi connectivity index (χ2v) is 15.9. The summed E-state index contributed by atoms with van der Waals surface area (Å²) in [6, 6.07) is 6.97. The molecule has 0 bridgehead atoms. The van der Waals surface area contributed by atoms with Gasteiger partial charge in [0.1, 0.15) is 0 Å². The van der Waals surface area contributed by atoms with Gasteiger partial charge in [0.25, 0.3) is 10.0 Å². The van der Waals surface area contributed by atoms with Crippen LogP contribution in [-0.4, -0.2) is 22.2 Å². The molecule has 0 saturated heterocycles. The first kappa shape index (κ1) is 21.1. The summed E-state index contributed by atoms with van der Waals surface area (Å²) < 4.78 is 30.1. The second-order valence-electron chi connectivity index (χ2n) is 8.38. The summed E-state index contributed by atoms with van der Waals surface area (Å²) in [4.78, 5) is 0.285. The van der Waals surface area contributed by atoms with Crippen LogP contribution in [0.15, 0.2) is 44.8 Å². The molecule has 144 valence electrons. The highest BCUT2D eigenvalue weighted by molar-refractivity contribution is 7.90. The van der Waals surface area contributed by atoms with Crippen LogP contribution in [0.3, 0.4) is 0 Å². The van der Waals surface area contributed by atoms with Crippen molar-refractivity contribution in [3.63, 3.8) is 0 Å². The lowest BCUT2D eigenvalue weighted by Gasteiger charge is -2.44. The molecule has 2 rings (SSSR count). The number of sulfonamides is 1. The van der Waals surface area contributed by atoms with E-state index in [9.17, 15) is 8.42 Å². The van der Waals surface area contributed by atoms with E-state index >= 15 is 0 Å². The number of hydrogen-bond donors (Lipinski definition) is 0. The Labute approximate surface area is 160 Å². The van der Waals surface area contributed by atoms with Crippen molar-refractivity contribution in [2.24, 2.45) is 4.40 Å². The van der Waals surface area contributed by atoms with Gasteiger partial charge >= 0.3 is 0 Å². The Morgan fingerprint density at radius 3 is 1.88 bits per heavy atom. The van der Waals surface area contributed by atoms with E-state index in [1.807, 2.05) is 19.1 Å². The quantitative estimate of drug-likeness (QED) is 0.553. The van der Waals surface area contributed by atoms with E-state index in [0.29, 0.717) is 16.6 Å². The number of aryl methyl sites for hydroxylation is 1. The molecule has 0 heterocycles. The fourth-order valence-electron chi connectivity index (χ4n) is 4.97. The minimum Gasteiger partial charge on any atom is -0.199 e. The van der Waals surface area contributed by atoms with Gasteiger partial charge < -0.3 is 0 Å². The lowest BCUT2D eigenvalue weighted by molar-refractivity contribution is 0.598. The van der Waals surface area contributed by atoms with Gasteiger partial charge in [0.2, 0.25) is 0 Å². The van der Waals surface area contributed by atoms with Crippen LogP contribution in [0.1, 0.15) is 59.9 Å². The number of allylic oxidation sites excluding steroid dienone is 2. The summed E-state index contributed by atoms with van der Waals surface area (Å²) >= 11 is 0. The normalized spacial score (nSPS) is 17.6. The maximum Gasteiger partial charge on any atom is 0.282 e. The SMILES string of the molecule is Cc1ccc(S(=O)(=O)/N=C2\CCC=C2[Si](C(C)C)(C(C)C)C(C)C)cc1. The molecule has 5 heteroatoms. The Morgan fingerprint density at radius 2 is 1.42 bits per heavy atom. The van der Waals surface area contributed by atoms with Crippen LogP contribution in [0.25, 0.3) is 0 Å². The van der Waals surface area contributed by atoms with Crippen LogP contribution < -0.4 is 0 Å². The minimum absolute atomic E-state index is 0.285. The Hall–Kier alpha value is -1.20. The molecule has 0 saturated carbocycles. The highest BCUT2D eigenvalue weighted by Crippen LogP contribution is 2.48. The number of benzene rings is 1. The van der Waals surface area contributed by atoms with Gasteiger partial charge in [0.15, 0.2) is 0 Å². The Morgan fingerprint density at radius 1 is 0.923 bits per heavy atom. The predicted octanol–water partition coefficient (Wildman–Crippen LogP) is 6.06. The maximum atomic E-state index is 12.9. The minimum atomic E-state index is -3.66. The predicted molar refractivity (Wildman–Crippen MR) is 114 cm³/mol. The van der Waals surface area contributed by atoms with Crippen molar-refractivity contribution < 1.29 is 8.42 Å². The molecule has 1 aromatic rings. The van der Waals surface area contributed by atoms with Gasteiger partial charge in [-0.15, -0.1) is 0 Å². The zero-order valence-electron chi connectivity index (χ0n) is 17.2. The summed E-state index contributed by atoms with van der Waals surface area (Å²) in [5.41, 5.74) is 3.48. The van der Waals surface area contributed by atoms with Crippen molar-refractivity contribution in [2.45, 2.75) is 82.8 Å². The Balaban J connectivity index is 2.55. The van der Waals surface area contributed by atoms with Crippen molar-refractivity contribution >= 4 is 23.8 Å². The van der Waals surface area contributed by atoms with E-state index in [1.54, 1.807) is 12.1 Å². The first-order valence-electron chi connectivity index (χ1n) is 9.65. The zero-order chi connectivity index (χ0) is 19.7. The van der Waals surface area contributed by atoms with Gasteiger partial charge in [-0.25, -0.2) is 0 Å². The van der Waals surface area contributed by atoms with Crippen LogP contribution in [0.5, 0.6) is 0 Å². The van der Waals surface area contributed by atoms with Gasteiger partial charge in [-0.1, -0.05) is 65.3 Å². The summed E-state index contributed by atoms with van der Waals surface area (Å²) in [5.74, 6) is 0. The highest BCUT2D eigenvalue weighted by Gasteiger charge is 2.48. The van der Waals surface area contributed by atoms with E-state index in [-0.39, 0.29) is 4.90 Å². The van der Waals surface area contributed by atoms with Gasteiger partial charge in [0, 0.05) is 0 Å². The van der Waals surface area contributed by atoms with Gasteiger partial charge in [0.05, 0.1) is 18.7 Å². The third-order valence-corrected chi connectivity index (χ3v) is 14.4. The van der Waals surface area contributed by atoms with E-state index < -0.39 is 18.1 Å². The molecule has 0 aliphatic heterocycles. The first-order chi connectivity index (χ1) is 12.0. The van der Waals surface area contributed by atoms with E-state index in [4.69, 9.17) is 0 Å². The number of nitrogens with zero attached hydrogens (tertiary/aromatic N) is 1. The van der Waals surface area contributed by atoms with Crippen LogP contribution >= 0.6 is 0 Å². The molecule has 3 nitrogen and oxygen atoms in total. The lowest BCUT2D eigenvalue weighted by Crippen LogP contribution is -2.48. The van der Waals surface area contributed by atoms with Crippen LogP contribution in [0.4, 0.5) is 0 Å². The molecule has 0 spiro atoms. The molecule has 0 radical (unpaired) electrons. The van der Waals surface area contributed by atoms with Crippen LogP contribution in [0, 0.1) is 6.92 Å². The second kappa shape index (κ2) is 7.81. The third-order valence-electron chi connectivity index (χ3n) is 5.92. The zero-order valence-corrected chi connectivity index (χ0v) is 19.0. The molecular formula is C21H33NO2SSi. The van der Waals surface area contributed by atoms with Gasteiger partial charge in [-0.3, -0.25) is 0 Å². The molecule has 0 unspecified atom stereocenters. The third kappa shape index (κ3) is 3.74. The maximum absolute atomic E-state index is 12.9. The number of hydrogen-bond acceptors (Lipinski definition) is 2. The Kier molecular flexibility index (Phi) is 6.34. The van der Waals surface area contributed by atoms with Crippen molar-refractivity contribution in [3.05, 3.63) is 41.1 Å². The molecule has 0 aromatic heterocycles. The first-order valence-corrected chi connectivity index (χ1v) is 13.3. The summed E-state index contributed by atoms with van der Waals surface area (Å²) in [6.45, 7) is 15.8. The molecule has 1 aliphatic rings. The average Bonchev–Trinajstić information content (AvgIpc) is 2.95. The monoisotopic (exact) mass is 391 g/mol. The number of rotatable bonds is 6. The molecule has 0 amide bonds. The molecule has 0 fully saturated rings. The fraction of sp³-hybridized carbons (Fsp3) is 0.571. The van der Waals surface area contributed by atoms with E-state index in [0.717, 1.165) is 24.1 Å². The van der Waals surface area contributed by atoms with Crippen LogP contribution in [0.2, 0.25) is 16.6 Å². The summed E-state index contributed by atoms with van der Waals surface area (Å²) in [5, 5.41) is 1.29. The highest BCUT2D eigenvalue weighted by atomic mass is 32.2. The van der Waals surface area contributed by atoms with Gasteiger partial charge in [-0.2, -0.15) is 12.8 Å². The lowest BCUT2D eigenvalue weighted by atomic mass is 10.2. The molecule has 0 N–H and O–H groups in total. The molecule has 1 aromatic carbocycles. The van der Waals surface area contributed by atoms with Crippen molar-refractivity contribution in [3.8, 4) is 0 Å². The molecule has 0 atom stereocenters. The standard InChI is InChI=1S/C21H33NO2SSi/c1-15(2)26(16(3)4,17(5)6)21-10-8-9-20(21)22-25(23,24)19-13-11-18(7)12-14-19/h10-17H,8-9H2,1-7H3/b22-20+. The van der Waals surface area contributed by atoms with E-state index in [1.165, 1.54) is 5.20 Å². The van der Waals surface area contributed by atoms with Crippen molar-refractivity contribution in [1.82, 2.24) is 0 Å². The Bertz CT molecular complexity index is 781. The average molecular weight is 392 g/mol. The van der Waals surface area contributed by atoms with Gasteiger partial charge in [-0.05, 0) is 53.7 Å². The fourth-order valence-corrected chi connectivity index (χ4v) is 13.2. The van der Waals surface area contributed by atoms with Crippen molar-refractivity contribution in [2.75, 3.05) is 0 Å².